The SMILES string of the molecule is C=CC(=O)N1CCN(c2snc3c(F)c(-c4nc(N)cc5ccccc45)c(Cl)cc23)CC1. The maximum absolute atomic E-state index is 15.8. The van der Waals surface area contributed by atoms with Crippen LogP contribution in [-0.4, -0.2) is 46.3 Å². The van der Waals surface area contributed by atoms with Crippen molar-refractivity contribution in [2.75, 3.05) is 36.8 Å². The summed E-state index contributed by atoms with van der Waals surface area (Å²) in [6.07, 6.45) is 1.32. The molecule has 0 radical (unpaired) electrons. The standard InChI is InChI=1S/C23H19ClFN5OS/c1-2-18(31)29-7-9-30(10-8-29)23-15-12-16(24)19(20(25)22(15)28-32-23)21-14-6-4-3-5-13(14)11-17(26)27-21/h2-6,11-12H,1,7-10H2,(H2,26,27). The first-order valence-corrected chi connectivity index (χ1v) is 11.2. The van der Waals surface area contributed by atoms with E-state index in [0.29, 0.717) is 43.1 Å². The molecule has 0 saturated carbocycles. The number of benzene rings is 2. The summed E-state index contributed by atoms with van der Waals surface area (Å²) in [5, 5.41) is 3.36. The Hall–Kier alpha value is -3.23. The number of rotatable bonds is 3. The topological polar surface area (TPSA) is 75.4 Å². The van der Waals surface area contributed by atoms with Crippen molar-refractivity contribution in [3.63, 3.8) is 0 Å². The van der Waals surface area contributed by atoms with Crippen LogP contribution in [0.5, 0.6) is 0 Å². The number of fused-ring (bicyclic) bond motifs is 2. The van der Waals surface area contributed by atoms with Gasteiger partial charge in [0.15, 0.2) is 5.82 Å². The molecule has 1 amide bonds. The molecule has 5 rings (SSSR count). The number of carbonyl (C=O) groups excluding carboxylic acids is 1. The van der Waals surface area contributed by atoms with Gasteiger partial charge in [-0.15, -0.1) is 0 Å². The number of nitrogen functional groups attached to an aromatic ring is 1. The number of halogens is 2. The second-order valence-electron chi connectivity index (χ2n) is 7.56. The molecule has 3 heterocycles. The third kappa shape index (κ3) is 3.36. The summed E-state index contributed by atoms with van der Waals surface area (Å²) in [4.78, 5) is 20.1. The molecule has 4 aromatic rings. The summed E-state index contributed by atoms with van der Waals surface area (Å²) in [7, 11) is 0. The third-order valence-corrected chi connectivity index (χ3v) is 6.92. The summed E-state index contributed by atoms with van der Waals surface area (Å²) in [5.74, 6) is -0.307. The minimum atomic E-state index is -0.515. The van der Waals surface area contributed by atoms with Crippen LogP contribution in [0.1, 0.15) is 0 Å². The van der Waals surface area contributed by atoms with Gasteiger partial charge >= 0.3 is 0 Å². The van der Waals surface area contributed by atoms with Crippen LogP contribution in [0.15, 0.2) is 49.1 Å². The molecular weight excluding hydrogens is 449 g/mol. The highest BCUT2D eigenvalue weighted by atomic mass is 35.5. The number of aromatic nitrogens is 2. The van der Waals surface area contributed by atoms with Crippen molar-refractivity contribution in [1.29, 1.82) is 0 Å². The van der Waals surface area contributed by atoms with Crippen LogP contribution in [0, 0.1) is 5.82 Å². The first-order valence-electron chi connectivity index (χ1n) is 10.1. The fraction of sp³-hybridized carbons (Fsp3) is 0.174. The predicted octanol–water partition coefficient (Wildman–Crippen LogP) is 4.72. The first kappa shape index (κ1) is 20.7. The highest BCUT2D eigenvalue weighted by Gasteiger charge is 2.26. The molecule has 1 saturated heterocycles. The fourth-order valence-corrected chi connectivity index (χ4v) is 5.30. The molecule has 1 fully saturated rings. The molecule has 2 N–H and O–H groups in total. The highest BCUT2D eigenvalue weighted by molar-refractivity contribution is 7.11. The number of piperazine rings is 1. The quantitative estimate of drug-likeness (QED) is 0.441. The van der Waals surface area contributed by atoms with Crippen molar-refractivity contribution < 1.29 is 9.18 Å². The van der Waals surface area contributed by atoms with Gasteiger partial charge in [0.25, 0.3) is 0 Å². The zero-order valence-electron chi connectivity index (χ0n) is 17.0. The Kier molecular flexibility index (Phi) is 5.19. The van der Waals surface area contributed by atoms with Crippen LogP contribution < -0.4 is 10.6 Å². The second kappa shape index (κ2) is 8.03. The summed E-state index contributed by atoms with van der Waals surface area (Å²) in [5.41, 5.74) is 6.83. The van der Waals surface area contributed by atoms with E-state index < -0.39 is 5.82 Å². The van der Waals surface area contributed by atoms with E-state index >= 15 is 4.39 Å². The van der Waals surface area contributed by atoms with Crippen molar-refractivity contribution in [1.82, 2.24) is 14.3 Å². The number of hydrogen-bond donors (Lipinski definition) is 1. The lowest BCUT2D eigenvalue weighted by molar-refractivity contribution is -0.126. The summed E-state index contributed by atoms with van der Waals surface area (Å²) in [6.45, 7) is 5.92. The van der Waals surface area contributed by atoms with E-state index in [2.05, 4.69) is 20.8 Å². The minimum absolute atomic E-state index is 0.0839. The summed E-state index contributed by atoms with van der Waals surface area (Å²) < 4.78 is 20.2. The zero-order chi connectivity index (χ0) is 22.4. The molecule has 1 aliphatic rings. The van der Waals surface area contributed by atoms with Gasteiger partial charge in [0, 0.05) is 37.0 Å². The third-order valence-electron chi connectivity index (χ3n) is 5.70. The highest BCUT2D eigenvalue weighted by Crippen LogP contribution is 2.42. The smallest absolute Gasteiger partial charge is 0.246 e. The number of hydrogen-bond acceptors (Lipinski definition) is 6. The normalized spacial score (nSPS) is 14.3. The van der Waals surface area contributed by atoms with Crippen LogP contribution in [0.3, 0.4) is 0 Å². The molecule has 0 unspecified atom stereocenters. The Labute approximate surface area is 192 Å². The van der Waals surface area contributed by atoms with Gasteiger partial charge in [-0.25, -0.2) is 9.37 Å². The number of amides is 1. The predicted molar refractivity (Wildman–Crippen MR) is 129 cm³/mol. The van der Waals surface area contributed by atoms with Crippen molar-refractivity contribution in [2.24, 2.45) is 0 Å². The number of nitrogens with zero attached hydrogens (tertiary/aromatic N) is 4. The molecule has 1 aliphatic heterocycles. The maximum Gasteiger partial charge on any atom is 0.246 e. The largest absolute Gasteiger partial charge is 0.384 e. The number of carbonyl (C=O) groups is 1. The van der Waals surface area contributed by atoms with Gasteiger partial charge in [0.05, 0.1) is 16.3 Å². The van der Waals surface area contributed by atoms with E-state index in [1.165, 1.54) is 17.6 Å². The lowest BCUT2D eigenvalue weighted by atomic mass is 10.0. The van der Waals surface area contributed by atoms with Crippen LogP contribution in [0.2, 0.25) is 5.02 Å². The van der Waals surface area contributed by atoms with Crippen LogP contribution >= 0.6 is 23.1 Å². The molecule has 9 heteroatoms. The lowest BCUT2D eigenvalue weighted by Crippen LogP contribution is -2.48. The van der Waals surface area contributed by atoms with Gasteiger partial charge in [-0.1, -0.05) is 42.4 Å². The Balaban J connectivity index is 1.58. The molecular formula is C23H19ClFN5OS. The minimum Gasteiger partial charge on any atom is -0.384 e. The molecule has 6 nitrogen and oxygen atoms in total. The Morgan fingerprint density at radius 1 is 1.19 bits per heavy atom. The van der Waals surface area contributed by atoms with Gasteiger partial charge in [0.2, 0.25) is 5.91 Å². The fourth-order valence-electron chi connectivity index (χ4n) is 4.11. The van der Waals surface area contributed by atoms with Crippen LogP contribution in [0.4, 0.5) is 15.2 Å². The van der Waals surface area contributed by atoms with E-state index in [1.54, 1.807) is 17.0 Å². The van der Waals surface area contributed by atoms with Crippen molar-refractivity contribution in [3.05, 3.63) is 59.9 Å². The Morgan fingerprint density at radius 3 is 2.69 bits per heavy atom. The summed E-state index contributed by atoms with van der Waals surface area (Å²) in [6, 6.07) is 11.0. The van der Waals surface area contributed by atoms with Crippen LogP contribution in [0.25, 0.3) is 32.9 Å². The van der Waals surface area contributed by atoms with Gasteiger partial charge in [-0.3, -0.25) is 4.79 Å². The average Bonchev–Trinajstić information content (AvgIpc) is 3.22. The zero-order valence-corrected chi connectivity index (χ0v) is 18.6. The Morgan fingerprint density at radius 2 is 1.94 bits per heavy atom. The van der Waals surface area contributed by atoms with E-state index in [0.717, 1.165) is 15.8 Å². The van der Waals surface area contributed by atoms with Gasteiger partial charge in [0.1, 0.15) is 16.3 Å². The van der Waals surface area contributed by atoms with Crippen LogP contribution in [-0.2, 0) is 4.79 Å². The van der Waals surface area contributed by atoms with E-state index in [9.17, 15) is 4.79 Å². The van der Waals surface area contributed by atoms with Crippen molar-refractivity contribution >= 4 is 61.5 Å². The number of nitrogens with two attached hydrogens (primary N) is 1. The molecule has 162 valence electrons. The monoisotopic (exact) mass is 467 g/mol. The van der Waals surface area contributed by atoms with Crippen molar-refractivity contribution in [2.45, 2.75) is 0 Å². The lowest BCUT2D eigenvalue weighted by Gasteiger charge is -2.34. The van der Waals surface area contributed by atoms with E-state index in [-0.39, 0.29) is 22.0 Å². The number of pyridine rings is 1. The first-order chi connectivity index (χ1) is 15.5. The molecule has 0 bridgehead atoms. The Bertz CT molecular complexity index is 1380. The maximum atomic E-state index is 15.8. The van der Waals surface area contributed by atoms with E-state index in [1.807, 2.05) is 24.3 Å². The molecule has 2 aromatic heterocycles. The molecule has 0 aliphatic carbocycles. The average molecular weight is 468 g/mol. The van der Waals surface area contributed by atoms with Gasteiger partial charge < -0.3 is 15.5 Å². The molecule has 0 atom stereocenters. The molecule has 0 spiro atoms. The molecule has 32 heavy (non-hydrogen) atoms. The van der Waals surface area contributed by atoms with Gasteiger partial charge in [-0.2, -0.15) is 4.37 Å². The van der Waals surface area contributed by atoms with Crippen molar-refractivity contribution in [3.8, 4) is 11.3 Å². The second-order valence-corrected chi connectivity index (χ2v) is 8.72. The number of anilines is 2. The van der Waals surface area contributed by atoms with E-state index in [4.69, 9.17) is 17.3 Å². The van der Waals surface area contributed by atoms with Gasteiger partial charge in [-0.05, 0) is 35.1 Å². The summed E-state index contributed by atoms with van der Waals surface area (Å²) >= 11 is 7.85. The molecule has 2 aromatic carbocycles.